The number of amides is 1. The van der Waals surface area contributed by atoms with Gasteiger partial charge in [0.2, 0.25) is 0 Å². The van der Waals surface area contributed by atoms with Crippen LogP contribution in [-0.2, 0) is 17.6 Å². The number of carbonyl (C=O) groups is 2. The lowest BCUT2D eigenvalue weighted by Crippen LogP contribution is -2.15. The molecule has 120 valence electrons. The average molecular weight is 394 g/mol. The second kappa shape index (κ2) is 6.84. The molecule has 1 aliphatic carbocycles. The van der Waals surface area contributed by atoms with Gasteiger partial charge < -0.3 is 10.1 Å². The van der Waals surface area contributed by atoms with E-state index in [1.165, 1.54) is 23.3 Å². The molecule has 0 bridgehead atoms. The highest BCUT2D eigenvalue weighted by Gasteiger charge is 2.27. The van der Waals surface area contributed by atoms with Crippen molar-refractivity contribution in [1.29, 1.82) is 0 Å². The minimum atomic E-state index is -0.381. The van der Waals surface area contributed by atoms with Gasteiger partial charge >= 0.3 is 5.97 Å². The fourth-order valence-electron chi connectivity index (χ4n) is 2.78. The van der Waals surface area contributed by atoms with Gasteiger partial charge in [-0.05, 0) is 49.4 Å². The minimum Gasteiger partial charge on any atom is -0.465 e. The molecule has 4 nitrogen and oxygen atoms in total. The van der Waals surface area contributed by atoms with Crippen LogP contribution < -0.4 is 5.32 Å². The van der Waals surface area contributed by atoms with E-state index in [4.69, 9.17) is 4.74 Å². The summed E-state index contributed by atoms with van der Waals surface area (Å²) in [6.07, 6.45) is 4.00. The Labute approximate surface area is 147 Å². The van der Waals surface area contributed by atoms with Gasteiger partial charge in [0.25, 0.3) is 5.91 Å². The van der Waals surface area contributed by atoms with E-state index in [9.17, 15) is 9.59 Å². The zero-order valence-corrected chi connectivity index (χ0v) is 15.1. The number of benzene rings is 1. The first-order valence-electron chi connectivity index (χ1n) is 7.40. The Morgan fingerprint density at radius 1 is 1.26 bits per heavy atom. The van der Waals surface area contributed by atoms with Crippen molar-refractivity contribution in [3.63, 3.8) is 0 Å². The molecule has 3 rings (SSSR count). The van der Waals surface area contributed by atoms with Crippen LogP contribution in [0.3, 0.4) is 0 Å². The van der Waals surface area contributed by atoms with Gasteiger partial charge in [-0.1, -0.05) is 22.0 Å². The number of methoxy groups -OCH3 is 1. The average Bonchev–Trinajstić information content (AvgIpc) is 2.92. The summed E-state index contributed by atoms with van der Waals surface area (Å²) in [5.74, 6) is -0.607. The summed E-state index contributed by atoms with van der Waals surface area (Å²) < 4.78 is 5.75. The molecule has 2 aromatic rings. The number of halogens is 1. The number of carbonyl (C=O) groups excluding carboxylic acids is 2. The Morgan fingerprint density at radius 3 is 2.78 bits per heavy atom. The first kappa shape index (κ1) is 16.2. The molecular formula is C17H16BrNO3S. The Hall–Kier alpha value is -1.66. The van der Waals surface area contributed by atoms with E-state index in [2.05, 4.69) is 21.2 Å². The number of fused-ring (bicyclic) bond motifs is 1. The Bertz CT molecular complexity index is 769. The lowest BCUT2D eigenvalue weighted by molar-refractivity contribution is 0.0601. The van der Waals surface area contributed by atoms with Crippen LogP contribution in [0, 0.1) is 0 Å². The summed E-state index contributed by atoms with van der Waals surface area (Å²) in [6, 6.07) is 7.16. The van der Waals surface area contributed by atoms with Crippen molar-refractivity contribution in [3.8, 4) is 0 Å². The van der Waals surface area contributed by atoms with Gasteiger partial charge in [0.1, 0.15) is 5.00 Å². The van der Waals surface area contributed by atoms with Gasteiger partial charge in [0.05, 0.1) is 12.7 Å². The van der Waals surface area contributed by atoms with Crippen LogP contribution in [0.15, 0.2) is 28.7 Å². The highest BCUT2D eigenvalue weighted by Crippen LogP contribution is 2.38. The van der Waals surface area contributed by atoms with E-state index >= 15 is 0 Å². The van der Waals surface area contributed by atoms with Crippen molar-refractivity contribution >= 4 is 44.1 Å². The maximum absolute atomic E-state index is 12.5. The Morgan fingerprint density at radius 2 is 2.04 bits per heavy atom. The molecule has 0 saturated carbocycles. The molecule has 1 heterocycles. The highest BCUT2D eigenvalue weighted by molar-refractivity contribution is 9.10. The second-order valence-corrected chi connectivity index (χ2v) is 7.39. The van der Waals surface area contributed by atoms with Crippen molar-refractivity contribution < 1.29 is 14.3 Å². The predicted molar refractivity (Wildman–Crippen MR) is 94.4 cm³/mol. The Balaban J connectivity index is 1.94. The van der Waals surface area contributed by atoms with Gasteiger partial charge in [-0.25, -0.2) is 4.79 Å². The van der Waals surface area contributed by atoms with Crippen LogP contribution in [0.1, 0.15) is 44.0 Å². The molecule has 0 unspecified atom stereocenters. The third-order valence-corrected chi connectivity index (χ3v) is 5.58. The molecule has 0 atom stereocenters. The summed E-state index contributed by atoms with van der Waals surface area (Å²) in [6.45, 7) is 0. The van der Waals surface area contributed by atoms with Gasteiger partial charge in [0.15, 0.2) is 0 Å². The van der Waals surface area contributed by atoms with Crippen molar-refractivity contribution in [3.05, 3.63) is 50.3 Å². The molecule has 1 amide bonds. The molecule has 23 heavy (non-hydrogen) atoms. The smallest absolute Gasteiger partial charge is 0.341 e. The summed E-state index contributed by atoms with van der Waals surface area (Å²) in [7, 11) is 1.37. The monoisotopic (exact) mass is 393 g/mol. The van der Waals surface area contributed by atoms with Crippen LogP contribution in [-0.4, -0.2) is 19.0 Å². The van der Waals surface area contributed by atoms with Crippen LogP contribution in [0.2, 0.25) is 0 Å². The largest absolute Gasteiger partial charge is 0.465 e. The molecule has 0 radical (unpaired) electrons. The SMILES string of the molecule is COC(=O)c1c(NC(=O)c2cccc(Br)c2)sc2c1CCCC2. The lowest BCUT2D eigenvalue weighted by Gasteiger charge is -2.11. The number of hydrogen-bond donors (Lipinski definition) is 1. The molecule has 0 saturated heterocycles. The summed E-state index contributed by atoms with van der Waals surface area (Å²) >= 11 is 4.85. The van der Waals surface area contributed by atoms with Crippen molar-refractivity contribution in [1.82, 2.24) is 0 Å². The van der Waals surface area contributed by atoms with E-state index in [1.807, 2.05) is 6.07 Å². The Kier molecular flexibility index (Phi) is 4.82. The van der Waals surface area contributed by atoms with Crippen LogP contribution >= 0.6 is 27.3 Å². The molecular weight excluding hydrogens is 378 g/mol. The zero-order valence-electron chi connectivity index (χ0n) is 12.6. The van der Waals surface area contributed by atoms with Crippen LogP contribution in [0.5, 0.6) is 0 Å². The number of anilines is 1. The van der Waals surface area contributed by atoms with Crippen LogP contribution in [0.25, 0.3) is 0 Å². The molecule has 1 N–H and O–H groups in total. The van der Waals surface area contributed by atoms with Gasteiger partial charge in [-0.15, -0.1) is 11.3 Å². The van der Waals surface area contributed by atoms with Crippen molar-refractivity contribution in [2.45, 2.75) is 25.7 Å². The maximum atomic E-state index is 12.5. The number of aryl methyl sites for hydroxylation is 1. The standard InChI is InChI=1S/C17H16BrNO3S/c1-22-17(21)14-12-7-2-3-8-13(12)23-16(14)19-15(20)10-5-4-6-11(18)9-10/h4-6,9H,2-3,7-8H2,1H3,(H,19,20). The molecule has 1 aliphatic rings. The van der Waals surface area contributed by atoms with Gasteiger partial charge in [-0.3, -0.25) is 4.79 Å². The first-order chi connectivity index (χ1) is 11.1. The number of ether oxygens (including phenoxy) is 1. The molecule has 0 spiro atoms. The molecule has 0 aliphatic heterocycles. The maximum Gasteiger partial charge on any atom is 0.341 e. The third kappa shape index (κ3) is 3.33. The number of thiophene rings is 1. The van der Waals surface area contributed by atoms with E-state index < -0.39 is 0 Å². The fraction of sp³-hybridized carbons (Fsp3) is 0.294. The van der Waals surface area contributed by atoms with Crippen LogP contribution in [0.4, 0.5) is 5.00 Å². The molecule has 6 heteroatoms. The van der Waals surface area contributed by atoms with Crippen molar-refractivity contribution in [2.75, 3.05) is 12.4 Å². The number of rotatable bonds is 3. The van der Waals surface area contributed by atoms with Crippen molar-refractivity contribution in [2.24, 2.45) is 0 Å². The van der Waals surface area contributed by atoms with E-state index in [1.54, 1.807) is 18.2 Å². The number of nitrogens with one attached hydrogen (secondary N) is 1. The summed E-state index contributed by atoms with van der Waals surface area (Å²) in [5.41, 5.74) is 2.11. The third-order valence-electron chi connectivity index (χ3n) is 3.87. The highest BCUT2D eigenvalue weighted by atomic mass is 79.9. The topological polar surface area (TPSA) is 55.4 Å². The molecule has 1 aromatic carbocycles. The van der Waals surface area contributed by atoms with Gasteiger partial charge in [0, 0.05) is 14.9 Å². The zero-order chi connectivity index (χ0) is 16.4. The quantitative estimate of drug-likeness (QED) is 0.784. The normalized spacial score (nSPS) is 13.3. The van der Waals surface area contributed by atoms with E-state index in [-0.39, 0.29) is 11.9 Å². The molecule has 0 fully saturated rings. The number of esters is 1. The predicted octanol–water partition coefficient (Wildman–Crippen LogP) is 4.43. The van der Waals surface area contributed by atoms with E-state index in [0.29, 0.717) is 16.1 Å². The fourth-order valence-corrected chi connectivity index (χ4v) is 4.45. The number of hydrogen-bond acceptors (Lipinski definition) is 4. The molecule has 1 aromatic heterocycles. The van der Waals surface area contributed by atoms with E-state index in [0.717, 1.165) is 35.7 Å². The first-order valence-corrected chi connectivity index (χ1v) is 9.01. The van der Waals surface area contributed by atoms with Gasteiger partial charge in [-0.2, -0.15) is 0 Å². The second-order valence-electron chi connectivity index (χ2n) is 5.37. The summed E-state index contributed by atoms with van der Waals surface area (Å²) in [5, 5.41) is 3.48. The summed E-state index contributed by atoms with van der Waals surface area (Å²) in [4.78, 5) is 25.8. The lowest BCUT2D eigenvalue weighted by atomic mass is 9.95. The minimum absolute atomic E-state index is 0.227.